The van der Waals surface area contributed by atoms with E-state index in [0.29, 0.717) is 6.04 Å². The van der Waals surface area contributed by atoms with E-state index in [-0.39, 0.29) is 0 Å². The van der Waals surface area contributed by atoms with Gasteiger partial charge in [0, 0.05) is 16.7 Å². The summed E-state index contributed by atoms with van der Waals surface area (Å²) in [5.74, 6) is 0.869. The molecule has 0 aromatic heterocycles. The number of nitrogens with zero attached hydrogens (tertiary/aromatic N) is 1. The molecule has 0 spiro atoms. The predicted octanol–water partition coefficient (Wildman–Crippen LogP) is 3.11. The van der Waals surface area contributed by atoms with Crippen molar-refractivity contribution in [2.45, 2.75) is 25.8 Å². The first kappa shape index (κ1) is 11.0. The third-order valence-electron chi connectivity index (χ3n) is 3.28. The van der Waals surface area contributed by atoms with E-state index in [2.05, 4.69) is 53.6 Å². The van der Waals surface area contributed by atoms with E-state index < -0.39 is 0 Å². The smallest absolute Gasteiger partial charge is 0.0600 e. The standard InChI is InChI=1S/C12H17IN2/c1-8(9-3-4-9)15(2)12-6-5-10(13)7-11(12)14/h5-9H,3-4,14H2,1-2H3. The molecule has 0 amide bonds. The minimum absolute atomic E-state index is 0.604. The average molecular weight is 316 g/mol. The highest BCUT2D eigenvalue weighted by molar-refractivity contribution is 14.1. The number of hydrogen-bond acceptors (Lipinski definition) is 2. The predicted molar refractivity (Wildman–Crippen MR) is 74.2 cm³/mol. The minimum Gasteiger partial charge on any atom is -0.397 e. The lowest BCUT2D eigenvalue weighted by Gasteiger charge is -2.28. The Morgan fingerprint density at radius 3 is 2.67 bits per heavy atom. The third-order valence-corrected chi connectivity index (χ3v) is 3.96. The summed E-state index contributed by atoms with van der Waals surface area (Å²) >= 11 is 2.29. The summed E-state index contributed by atoms with van der Waals surface area (Å²) in [5.41, 5.74) is 8.08. The van der Waals surface area contributed by atoms with E-state index in [9.17, 15) is 0 Å². The van der Waals surface area contributed by atoms with E-state index in [4.69, 9.17) is 5.73 Å². The van der Waals surface area contributed by atoms with Crippen LogP contribution < -0.4 is 10.6 Å². The van der Waals surface area contributed by atoms with Gasteiger partial charge in [-0.15, -0.1) is 0 Å². The van der Waals surface area contributed by atoms with Gasteiger partial charge in [-0.3, -0.25) is 0 Å². The molecule has 2 nitrogen and oxygen atoms in total. The summed E-state index contributed by atoms with van der Waals surface area (Å²) in [6, 6.07) is 6.87. The summed E-state index contributed by atoms with van der Waals surface area (Å²) in [6.45, 7) is 2.29. The second-order valence-electron chi connectivity index (χ2n) is 4.39. The fourth-order valence-electron chi connectivity index (χ4n) is 1.96. The van der Waals surface area contributed by atoms with E-state index in [1.807, 2.05) is 6.07 Å². The first-order valence-electron chi connectivity index (χ1n) is 5.37. The van der Waals surface area contributed by atoms with Crippen molar-refractivity contribution < 1.29 is 0 Å². The highest BCUT2D eigenvalue weighted by atomic mass is 127. The maximum Gasteiger partial charge on any atom is 0.0600 e. The maximum atomic E-state index is 6.03. The maximum absolute atomic E-state index is 6.03. The van der Waals surface area contributed by atoms with Gasteiger partial charge >= 0.3 is 0 Å². The quantitative estimate of drug-likeness (QED) is 0.686. The number of halogens is 1. The van der Waals surface area contributed by atoms with Gasteiger partial charge in [0.1, 0.15) is 0 Å². The topological polar surface area (TPSA) is 29.3 Å². The molecule has 1 aliphatic rings. The van der Waals surface area contributed by atoms with Crippen molar-refractivity contribution in [3.63, 3.8) is 0 Å². The van der Waals surface area contributed by atoms with E-state index in [1.54, 1.807) is 0 Å². The van der Waals surface area contributed by atoms with Gasteiger partial charge < -0.3 is 10.6 Å². The summed E-state index contributed by atoms with van der Waals surface area (Å²) in [6.07, 6.45) is 2.74. The zero-order chi connectivity index (χ0) is 11.0. The van der Waals surface area contributed by atoms with Gasteiger partial charge in [0.05, 0.1) is 11.4 Å². The second-order valence-corrected chi connectivity index (χ2v) is 5.64. The average Bonchev–Trinajstić information content (AvgIpc) is 2.99. The van der Waals surface area contributed by atoms with Crippen LogP contribution in [0.15, 0.2) is 18.2 Å². The molecule has 2 rings (SSSR count). The molecule has 0 bridgehead atoms. The molecule has 1 atom stereocenters. The van der Waals surface area contributed by atoms with E-state index >= 15 is 0 Å². The number of hydrogen-bond donors (Lipinski definition) is 1. The van der Waals surface area contributed by atoms with Crippen LogP contribution in [0, 0.1) is 9.49 Å². The summed E-state index contributed by atoms with van der Waals surface area (Å²) in [5, 5.41) is 0. The Hall–Kier alpha value is -0.450. The van der Waals surface area contributed by atoms with Gasteiger partial charge in [-0.05, 0) is 66.5 Å². The molecule has 0 radical (unpaired) electrons. The summed E-state index contributed by atoms with van der Waals surface area (Å²) < 4.78 is 1.20. The molecule has 1 aromatic rings. The van der Waals surface area contributed by atoms with Crippen LogP contribution in [0.25, 0.3) is 0 Å². The Labute approximate surface area is 105 Å². The first-order valence-corrected chi connectivity index (χ1v) is 6.45. The molecule has 2 N–H and O–H groups in total. The number of benzene rings is 1. The summed E-state index contributed by atoms with van der Waals surface area (Å²) in [7, 11) is 2.14. The first-order chi connectivity index (χ1) is 7.09. The zero-order valence-corrected chi connectivity index (χ0v) is 11.4. The van der Waals surface area contributed by atoms with Crippen LogP contribution in [0.2, 0.25) is 0 Å². The molecule has 1 aliphatic carbocycles. The van der Waals surface area contributed by atoms with Crippen LogP contribution in [-0.2, 0) is 0 Å². The number of nitrogens with two attached hydrogens (primary N) is 1. The van der Waals surface area contributed by atoms with Crippen molar-refractivity contribution in [1.29, 1.82) is 0 Å². The van der Waals surface area contributed by atoms with Crippen molar-refractivity contribution >= 4 is 34.0 Å². The SMILES string of the molecule is CC(C1CC1)N(C)c1ccc(I)cc1N. The molecule has 15 heavy (non-hydrogen) atoms. The van der Waals surface area contributed by atoms with E-state index in [0.717, 1.165) is 17.3 Å². The van der Waals surface area contributed by atoms with Crippen LogP contribution >= 0.6 is 22.6 Å². The Kier molecular flexibility index (Phi) is 3.09. The molecular weight excluding hydrogens is 299 g/mol. The molecule has 0 heterocycles. The Morgan fingerprint density at radius 2 is 2.13 bits per heavy atom. The molecule has 1 aromatic carbocycles. The van der Waals surface area contributed by atoms with Crippen molar-refractivity contribution in [1.82, 2.24) is 0 Å². The Bertz CT molecular complexity index is 361. The monoisotopic (exact) mass is 316 g/mol. The largest absolute Gasteiger partial charge is 0.397 e. The van der Waals surface area contributed by atoms with Crippen molar-refractivity contribution in [3.05, 3.63) is 21.8 Å². The van der Waals surface area contributed by atoms with Gasteiger partial charge in [0.25, 0.3) is 0 Å². The van der Waals surface area contributed by atoms with Gasteiger partial charge in [-0.2, -0.15) is 0 Å². The molecule has 82 valence electrons. The second kappa shape index (κ2) is 4.20. The lowest BCUT2D eigenvalue weighted by molar-refractivity contribution is 0.610. The fraction of sp³-hybridized carbons (Fsp3) is 0.500. The Morgan fingerprint density at radius 1 is 1.47 bits per heavy atom. The lowest BCUT2D eigenvalue weighted by atomic mass is 10.1. The van der Waals surface area contributed by atoms with Crippen molar-refractivity contribution in [2.75, 3.05) is 17.7 Å². The van der Waals surface area contributed by atoms with Gasteiger partial charge in [0.2, 0.25) is 0 Å². The van der Waals surface area contributed by atoms with Crippen LogP contribution in [0.3, 0.4) is 0 Å². The molecule has 0 saturated heterocycles. The number of anilines is 2. The number of nitrogen functional groups attached to an aromatic ring is 1. The van der Waals surface area contributed by atoms with Gasteiger partial charge in [-0.1, -0.05) is 0 Å². The molecule has 1 saturated carbocycles. The molecule has 1 fully saturated rings. The Balaban J connectivity index is 2.20. The van der Waals surface area contributed by atoms with Crippen LogP contribution in [0.1, 0.15) is 19.8 Å². The summed E-state index contributed by atoms with van der Waals surface area (Å²) in [4.78, 5) is 2.31. The molecule has 1 unspecified atom stereocenters. The van der Waals surface area contributed by atoms with Gasteiger partial charge in [0.15, 0.2) is 0 Å². The van der Waals surface area contributed by atoms with Crippen molar-refractivity contribution in [2.24, 2.45) is 5.92 Å². The van der Waals surface area contributed by atoms with Crippen LogP contribution in [-0.4, -0.2) is 13.1 Å². The van der Waals surface area contributed by atoms with Crippen LogP contribution in [0.5, 0.6) is 0 Å². The number of rotatable bonds is 3. The highest BCUT2D eigenvalue weighted by Crippen LogP contribution is 2.37. The molecule has 3 heteroatoms. The zero-order valence-electron chi connectivity index (χ0n) is 9.20. The fourth-order valence-corrected chi connectivity index (χ4v) is 2.48. The third kappa shape index (κ3) is 2.38. The van der Waals surface area contributed by atoms with Crippen molar-refractivity contribution in [3.8, 4) is 0 Å². The lowest BCUT2D eigenvalue weighted by Crippen LogP contribution is -2.31. The minimum atomic E-state index is 0.604. The van der Waals surface area contributed by atoms with E-state index in [1.165, 1.54) is 16.4 Å². The van der Waals surface area contributed by atoms with Crippen LogP contribution in [0.4, 0.5) is 11.4 Å². The van der Waals surface area contributed by atoms with Gasteiger partial charge in [-0.25, -0.2) is 0 Å². The highest BCUT2D eigenvalue weighted by Gasteiger charge is 2.31. The normalized spacial score (nSPS) is 17.5. The molecular formula is C12H17IN2. The molecule has 0 aliphatic heterocycles.